The summed E-state index contributed by atoms with van der Waals surface area (Å²) in [6, 6.07) is 7.72. The highest BCUT2D eigenvalue weighted by molar-refractivity contribution is 5.93. The monoisotopic (exact) mass is 394 g/mol. The first kappa shape index (κ1) is 19.9. The number of nitrogens with zero attached hydrogens (tertiary/aromatic N) is 1. The highest BCUT2D eigenvalue weighted by Gasteiger charge is 2.28. The van der Waals surface area contributed by atoms with Crippen molar-refractivity contribution in [2.75, 3.05) is 18.4 Å². The molecule has 1 fully saturated rings. The Morgan fingerprint density at radius 2 is 1.61 bits per heavy atom. The molecule has 0 unspecified atom stereocenters. The molecule has 0 atom stereocenters. The zero-order valence-electron chi connectivity index (χ0n) is 14.9. The minimum atomic E-state index is -1.65. The van der Waals surface area contributed by atoms with Crippen LogP contribution in [0.2, 0.25) is 0 Å². The zero-order chi connectivity index (χ0) is 20.3. The van der Waals surface area contributed by atoms with Crippen molar-refractivity contribution in [3.8, 4) is 0 Å². The van der Waals surface area contributed by atoms with E-state index in [-0.39, 0.29) is 12.3 Å². The van der Waals surface area contributed by atoms with Gasteiger partial charge in [0.15, 0.2) is 17.5 Å². The summed E-state index contributed by atoms with van der Waals surface area (Å²) in [4.78, 5) is 26.2. The minimum Gasteiger partial charge on any atom is -0.342 e. The van der Waals surface area contributed by atoms with Crippen LogP contribution in [0.3, 0.4) is 0 Å². The van der Waals surface area contributed by atoms with Crippen LogP contribution < -0.4 is 5.32 Å². The van der Waals surface area contributed by atoms with Gasteiger partial charge in [-0.25, -0.2) is 17.6 Å². The predicted molar refractivity (Wildman–Crippen MR) is 94.4 cm³/mol. The van der Waals surface area contributed by atoms with E-state index in [4.69, 9.17) is 0 Å². The topological polar surface area (TPSA) is 49.4 Å². The summed E-state index contributed by atoms with van der Waals surface area (Å²) in [5, 5.41) is 2.27. The van der Waals surface area contributed by atoms with Crippen LogP contribution in [0.15, 0.2) is 36.4 Å². The van der Waals surface area contributed by atoms with Crippen molar-refractivity contribution >= 4 is 17.5 Å². The zero-order valence-corrected chi connectivity index (χ0v) is 14.9. The second-order valence-electron chi connectivity index (χ2n) is 6.64. The quantitative estimate of drug-likeness (QED) is 0.636. The Kier molecular flexibility index (Phi) is 5.96. The summed E-state index contributed by atoms with van der Waals surface area (Å²) in [6.07, 6.45) is 0.601. The number of halogens is 4. The lowest BCUT2D eigenvalue weighted by Crippen LogP contribution is -2.42. The molecule has 1 N–H and O–H groups in total. The van der Waals surface area contributed by atoms with Crippen molar-refractivity contribution < 1.29 is 27.2 Å². The number of carbonyl (C=O) groups is 2. The van der Waals surface area contributed by atoms with Gasteiger partial charge in [-0.1, -0.05) is 18.2 Å². The standard InChI is InChI=1S/C20H18F4N2O2/c21-14-4-2-1-3-13(14)11-17(27)26-9-7-12(8-10-26)20(28)25-16-6-5-15(22)18(23)19(16)24/h1-6,12H,7-11H2,(H,25,28). The number of likely N-dealkylation sites (tertiary alicyclic amines) is 1. The third-order valence-corrected chi connectivity index (χ3v) is 4.81. The van der Waals surface area contributed by atoms with E-state index in [0.29, 0.717) is 31.5 Å². The number of anilines is 1. The number of piperidine rings is 1. The fourth-order valence-corrected chi connectivity index (χ4v) is 3.16. The minimum absolute atomic E-state index is 0.0659. The molecule has 148 valence electrons. The molecule has 0 spiro atoms. The summed E-state index contributed by atoms with van der Waals surface area (Å²) in [5.41, 5.74) is -0.122. The van der Waals surface area contributed by atoms with Gasteiger partial charge in [0.2, 0.25) is 11.8 Å². The smallest absolute Gasteiger partial charge is 0.227 e. The lowest BCUT2D eigenvalue weighted by molar-refractivity contribution is -0.133. The molecule has 1 aliphatic heterocycles. The first-order valence-corrected chi connectivity index (χ1v) is 8.82. The number of amides is 2. The van der Waals surface area contributed by atoms with E-state index in [0.717, 1.165) is 12.1 Å². The molecule has 4 nitrogen and oxygen atoms in total. The molecular weight excluding hydrogens is 376 g/mol. The molecule has 0 saturated carbocycles. The van der Waals surface area contributed by atoms with Crippen molar-refractivity contribution in [2.24, 2.45) is 5.92 Å². The molecule has 2 amide bonds. The summed E-state index contributed by atoms with van der Waals surface area (Å²) in [5.74, 6) is -6.14. The number of rotatable bonds is 4. The Morgan fingerprint density at radius 3 is 2.29 bits per heavy atom. The van der Waals surface area contributed by atoms with E-state index in [9.17, 15) is 27.2 Å². The fourth-order valence-electron chi connectivity index (χ4n) is 3.16. The maximum absolute atomic E-state index is 13.7. The number of nitrogens with one attached hydrogen (secondary N) is 1. The molecule has 0 aliphatic carbocycles. The molecule has 28 heavy (non-hydrogen) atoms. The average Bonchev–Trinajstić information content (AvgIpc) is 2.70. The lowest BCUT2D eigenvalue weighted by atomic mass is 9.95. The normalized spacial score (nSPS) is 14.8. The van der Waals surface area contributed by atoms with Crippen molar-refractivity contribution in [3.63, 3.8) is 0 Å². The molecule has 3 rings (SSSR count). The van der Waals surface area contributed by atoms with Crippen molar-refractivity contribution in [1.29, 1.82) is 0 Å². The number of carbonyl (C=O) groups excluding carboxylic acids is 2. The summed E-state index contributed by atoms with van der Waals surface area (Å²) < 4.78 is 53.6. The largest absolute Gasteiger partial charge is 0.342 e. The third kappa shape index (κ3) is 4.32. The van der Waals surface area contributed by atoms with Crippen LogP contribution in [-0.4, -0.2) is 29.8 Å². The van der Waals surface area contributed by atoms with Gasteiger partial charge in [-0.05, 0) is 36.6 Å². The molecule has 0 bridgehead atoms. The molecule has 0 radical (unpaired) electrons. The van der Waals surface area contributed by atoms with Crippen molar-refractivity contribution in [1.82, 2.24) is 4.90 Å². The van der Waals surface area contributed by atoms with E-state index < -0.39 is 40.8 Å². The summed E-state index contributed by atoms with van der Waals surface area (Å²) in [7, 11) is 0. The Morgan fingerprint density at radius 1 is 0.929 bits per heavy atom. The Balaban J connectivity index is 1.55. The van der Waals surface area contributed by atoms with Gasteiger partial charge in [0, 0.05) is 19.0 Å². The molecule has 1 aliphatic rings. The van der Waals surface area contributed by atoms with Crippen molar-refractivity contribution in [2.45, 2.75) is 19.3 Å². The van der Waals surface area contributed by atoms with Gasteiger partial charge < -0.3 is 10.2 Å². The number of benzene rings is 2. The lowest BCUT2D eigenvalue weighted by Gasteiger charge is -2.31. The Hall–Kier alpha value is -2.90. The number of hydrogen-bond acceptors (Lipinski definition) is 2. The van der Waals surface area contributed by atoms with Gasteiger partial charge in [0.05, 0.1) is 12.1 Å². The van der Waals surface area contributed by atoms with E-state index in [1.165, 1.54) is 6.07 Å². The summed E-state index contributed by atoms with van der Waals surface area (Å²) in [6.45, 7) is 0.595. The van der Waals surface area contributed by atoms with E-state index in [1.54, 1.807) is 23.1 Å². The molecular formula is C20H18F4N2O2. The van der Waals surface area contributed by atoms with Gasteiger partial charge in [-0.15, -0.1) is 0 Å². The van der Waals surface area contributed by atoms with Crippen molar-refractivity contribution in [3.05, 3.63) is 65.2 Å². The molecule has 1 heterocycles. The third-order valence-electron chi connectivity index (χ3n) is 4.81. The highest BCUT2D eigenvalue weighted by Crippen LogP contribution is 2.23. The van der Waals surface area contributed by atoms with Gasteiger partial charge in [-0.2, -0.15) is 0 Å². The van der Waals surface area contributed by atoms with E-state index in [1.807, 2.05) is 0 Å². The van der Waals surface area contributed by atoms with Gasteiger partial charge >= 0.3 is 0 Å². The van der Waals surface area contributed by atoms with Crippen LogP contribution in [0, 0.1) is 29.2 Å². The summed E-state index contributed by atoms with van der Waals surface area (Å²) >= 11 is 0. The first-order valence-electron chi connectivity index (χ1n) is 8.82. The Labute approximate surface area is 159 Å². The van der Waals surface area contributed by atoms with Crippen LogP contribution in [0.4, 0.5) is 23.2 Å². The predicted octanol–water partition coefficient (Wildman–Crippen LogP) is 3.66. The molecule has 0 aromatic heterocycles. The van der Waals surface area contributed by atoms with Crippen LogP contribution >= 0.6 is 0 Å². The van der Waals surface area contributed by atoms with Crippen LogP contribution in [-0.2, 0) is 16.0 Å². The molecule has 1 saturated heterocycles. The average molecular weight is 394 g/mol. The molecule has 2 aromatic carbocycles. The van der Waals surface area contributed by atoms with Crippen LogP contribution in [0.25, 0.3) is 0 Å². The van der Waals surface area contributed by atoms with E-state index >= 15 is 0 Å². The number of hydrogen-bond donors (Lipinski definition) is 1. The molecule has 2 aromatic rings. The van der Waals surface area contributed by atoms with E-state index in [2.05, 4.69) is 5.32 Å². The second kappa shape index (κ2) is 8.41. The highest BCUT2D eigenvalue weighted by atomic mass is 19.2. The first-order chi connectivity index (χ1) is 13.4. The SMILES string of the molecule is O=C(Nc1ccc(F)c(F)c1F)C1CCN(C(=O)Cc2ccccc2F)CC1. The van der Waals surface area contributed by atoms with Gasteiger partial charge in [0.1, 0.15) is 5.82 Å². The Bertz CT molecular complexity index is 896. The maximum Gasteiger partial charge on any atom is 0.227 e. The fraction of sp³-hybridized carbons (Fsp3) is 0.300. The van der Waals surface area contributed by atoms with Crippen LogP contribution in [0.5, 0.6) is 0 Å². The maximum atomic E-state index is 13.7. The van der Waals surface area contributed by atoms with Gasteiger partial charge in [-0.3, -0.25) is 9.59 Å². The van der Waals surface area contributed by atoms with Gasteiger partial charge in [0.25, 0.3) is 0 Å². The van der Waals surface area contributed by atoms with Crippen LogP contribution in [0.1, 0.15) is 18.4 Å². The second-order valence-corrected chi connectivity index (χ2v) is 6.64. The molecule has 8 heteroatoms.